The van der Waals surface area contributed by atoms with Gasteiger partial charge in [0, 0.05) is 5.41 Å². The summed E-state index contributed by atoms with van der Waals surface area (Å²) in [4.78, 5) is 0.866. The summed E-state index contributed by atoms with van der Waals surface area (Å²) < 4.78 is 11.4. The lowest BCUT2D eigenvalue weighted by Gasteiger charge is -2.10. The van der Waals surface area contributed by atoms with Gasteiger partial charge in [-0.05, 0) is 23.3 Å². The van der Waals surface area contributed by atoms with Crippen LogP contribution in [-0.2, 0) is 10.8 Å². The van der Waals surface area contributed by atoms with Gasteiger partial charge < -0.3 is 0 Å². The Hall–Kier alpha value is -1.15. The van der Waals surface area contributed by atoms with Crippen molar-refractivity contribution in [1.29, 1.82) is 0 Å². The van der Waals surface area contributed by atoms with Gasteiger partial charge >= 0.3 is 0 Å². The van der Waals surface area contributed by atoms with E-state index in [1.807, 2.05) is 24.3 Å². The van der Waals surface area contributed by atoms with Gasteiger partial charge in [0.15, 0.2) is 0 Å². The topological polar surface area (TPSA) is 17.1 Å². The number of hydrogen-bond donors (Lipinski definition) is 0. The standard InChI is InChI=1S/C10H8OS/c1-8-6-7-12(11)10-5-3-2-4-9(8)10/h2-7H,1H2. The second-order valence-corrected chi connectivity index (χ2v) is 3.93. The molecular weight excluding hydrogens is 168 g/mol. The fraction of sp³-hybridized carbons (Fsp3) is 0. The van der Waals surface area contributed by atoms with E-state index in [0.717, 1.165) is 16.0 Å². The van der Waals surface area contributed by atoms with Crippen molar-refractivity contribution in [3.8, 4) is 0 Å². The normalized spacial score (nSPS) is 20.7. The van der Waals surface area contributed by atoms with Crippen LogP contribution in [-0.4, -0.2) is 4.21 Å². The van der Waals surface area contributed by atoms with Crippen molar-refractivity contribution < 1.29 is 4.21 Å². The van der Waals surface area contributed by atoms with Crippen molar-refractivity contribution in [2.24, 2.45) is 0 Å². The SMILES string of the molecule is C=C1C=CS(=O)c2ccccc21. The second-order valence-electron chi connectivity index (χ2n) is 2.62. The molecule has 12 heavy (non-hydrogen) atoms. The fourth-order valence-corrected chi connectivity index (χ4v) is 2.28. The number of allylic oxidation sites excluding steroid dienone is 2. The summed E-state index contributed by atoms with van der Waals surface area (Å²) in [5.74, 6) is 0. The molecule has 2 heteroatoms. The van der Waals surface area contributed by atoms with E-state index in [2.05, 4.69) is 6.58 Å². The molecule has 1 aromatic carbocycles. The van der Waals surface area contributed by atoms with E-state index in [9.17, 15) is 4.21 Å². The third-order valence-electron chi connectivity index (χ3n) is 1.84. The first-order chi connectivity index (χ1) is 5.79. The zero-order valence-electron chi connectivity index (χ0n) is 6.49. The number of benzene rings is 1. The molecule has 0 aromatic heterocycles. The number of fused-ring (bicyclic) bond motifs is 1. The molecule has 1 atom stereocenters. The Labute approximate surface area is 73.9 Å². The van der Waals surface area contributed by atoms with Crippen LogP contribution in [0.4, 0.5) is 0 Å². The van der Waals surface area contributed by atoms with E-state index >= 15 is 0 Å². The van der Waals surface area contributed by atoms with Crippen LogP contribution in [0, 0.1) is 0 Å². The zero-order valence-corrected chi connectivity index (χ0v) is 7.30. The highest BCUT2D eigenvalue weighted by Crippen LogP contribution is 2.26. The molecular formula is C10H8OS. The molecule has 0 bridgehead atoms. The molecule has 0 saturated heterocycles. The molecule has 0 N–H and O–H groups in total. The molecule has 1 aromatic rings. The lowest BCUT2D eigenvalue weighted by atomic mass is 10.1. The molecule has 0 aliphatic carbocycles. The maximum absolute atomic E-state index is 11.4. The Morgan fingerprint density at radius 2 is 2.00 bits per heavy atom. The zero-order chi connectivity index (χ0) is 8.55. The predicted octanol–water partition coefficient (Wildman–Crippen LogP) is 2.33. The van der Waals surface area contributed by atoms with Gasteiger partial charge in [0.25, 0.3) is 0 Å². The molecule has 1 aliphatic rings. The maximum atomic E-state index is 11.4. The summed E-state index contributed by atoms with van der Waals surface area (Å²) in [5, 5.41) is 1.67. The van der Waals surface area contributed by atoms with E-state index in [0.29, 0.717) is 0 Å². The van der Waals surface area contributed by atoms with E-state index in [1.165, 1.54) is 0 Å². The lowest BCUT2D eigenvalue weighted by molar-refractivity contribution is 0.688. The molecule has 0 radical (unpaired) electrons. The summed E-state index contributed by atoms with van der Waals surface area (Å²) >= 11 is 0. The van der Waals surface area contributed by atoms with Gasteiger partial charge in [-0.15, -0.1) is 0 Å². The van der Waals surface area contributed by atoms with E-state index in [4.69, 9.17) is 0 Å². The molecule has 0 saturated carbocycles. The van der Waals surface area contributed by atoms with Gasteiger partial charge in [0.05, 0.1) is 15.7 Å². The summed E-state index contributed by atoms with van der Waals surface area (Å²) in [6.45, 7) is 3.87. The van der Waals surface area contributed by atoms with Crippen LogP contribution in [0.1, 0.15) is 5.56 Å². The van der Waals surface area contributed by atoms with Crippen LogP contribution in [0.15, 0.2) is 47.2 Å². The maximum Gasteiger partial charge on any atom is 0.0782 e. The van der Waals surface area contributed by atoms with E-state index < -0.39 is 10.8 Å². The summed E-state index contributed by atoms with van der Waals surface area (Å²) in [5.41, 5.74) is 1.93. The average molecular weight is 176 g/mol. The molecule has 1 unspecified atom stereocenters. The monoisotopic (exact) mass is 176 g/mol. The minimum Gasteiger partial charge on any atom is -0.250 e. The van der Waals surface area contributed by atoms with Gasteiger partial charge in [-0.2, -0.15) is 0 Å². The van der Waals surface area contributed by atoms with Gasteiger partial charge in [-0.1, -0.05) is 24.8 Å². The molecule has 1 heterocycles. The van der Waals surface area contributed by atoms with Gasteiger partial charge in [-0.25, -0.2) is 4.21 Å². The van der Waals surface area contributed by atoms with Gasteiger partial charge in [0.2, 0.25) is 0 Å². The van der Waals surface area contributed by atoms with Crippen molar-refractivity contribution in [1.82, 2.24) is 0 Å². The molecule has 1 aliphatic heterocycles. The Balaban J connectivity index is 2.69. The van der Waals surface area contributed by atoms with E-state index in [1.54, 1.807) is 11.5 Å². The first kappa shape index (κ1) is 7.50. The quantitative estimate of drug-likeness (QED) is 0.593. The van der Waals surface area contributed by atoms with Crippen LogP contribution in [0.25, 0.3) is 5.57 Å². The highest BCUT2D eigenvalue weighted by Gasteiger charge is 2.11. The minimum atomic E-state index is -0.977. The van der Waals surface area contributed by atoms with Crippen molar-refractivity contribution in [2.75, 3.05) is 0 Å². The van der Waals surface area contributed by atoms with E-state index in [-0.39, 0.29) is 0 Å². The Kier molecular flexibility index (Phi) is 1.70. The van der Waals surface area contributed by atoms with Crippen molar-refractivity contribution in [3.63, 3.8) is 0 Å². The largest absolute Gasteiger partial charge is 0.250 e. The van der Waals surface area contributed by atoms with Crippen molar-refractivity contribution >= 4 is 16.4 Å². The summed E-state index contributed by atoms with van der Waals surface area (Å²) in [7, 11) is -0.977. The highest BCUT2D eigenvalue weighted by molar-refractivity contribution is 7.88. The molecule has 60 valence electrons. The predicted molar refractivity (Wildman–Crippen MR) is 51.0 cm³/mol. The summed E-state index contributed by atoms with van der Waals surface area (Å²) in [6.07, 6.45) is 1.80. The molecule has 2 rings (SSSR count). The third-order valence-corrected chi connectivity index (χ3v) is 3.02. The first-order valence-corrected chi connectivity index (χ1v) is 4.87. The molecule has 0 amide bonds. The second kappa shape index (κ2) is 2.72. The minimum absolute atomic E-state index is 0.866. The van der Waals surface area contributed by atoms with Crippen LogP contribution >= 0.6 is 0 Å². The lowest BCUT2D eigenvalue weighted by Crippen LogP contribution is -1.97. The number of rotatable bonds is 0. The van der Waals surface area contributed by atoms with Crippen LogP contribution < -0.4 is 0 Å². The fourth-order valence-electron chi connectivity index (χ4n) is 1.21. The Morgan fingerprint density at radius 3 is 2.75 bits per heavy atom. The summed E-state index contributed by atoms with van der Waals surface area (Å²) in [6, 6.07) is 7.64. The highest BCUT2D eigenvalue weighted by atomic mass is 32.2. The van der Waals surface area contributed by atoms with Crippen molar-refractivity contribution in [2.45, 2.75) is 4.90 Å². The van der Waals surface area contributed by atoms with Crippen LogP contribution in [0.5, 0.6) is 0 Å². The Bertz CT molecular complexity index is 354. The molecule has 0 fully saturated rings. The molecule has 0 spiro atoms. The number of hydrogen-bond acceptors (Lipinski definition) is 1. The molecule has 1 nitrogen and oxygen atoms in total. The third kappa shape index (κ3) is 1.04. The smallest absolute Gasteiger partial charge is 0.0782 e. The van der Waals surface area contributed by atoms with Crippen LogP contribution in [0.3, 0.4) is 0 Å². The van der Waals surface area contributed by atoms with Gasteiger partial charge in [0.1, 0.15) is 0 Å². The van der Waals surface area contributed by atoms with Gasteiger partial charge in [-0.3, -0.25) is 0 Å². The Morgan fingerprint density at radius 1 is 1.25 bits per heavy atom. The average Bonchev–Trinajstić information content (AvgIpc) is 2.12. The van der Waals surface area contributed by atoms with Crippen molar-refractivity contribution in [3.05, 3.63) is 47.9 Å². The first-order valence-electron chi connectivity index (χ1n) is 3.66. The van der Waals surface area contributed by atoms with Crippen LogP contribution in [0.2, 0.25) is 0 Å².